The Kier molecular flexibility index (Phi) is 6.16. The molecular weight excluding hydrogens is 198 g/mol. The van der Waals surface area contributed by atoms with Gasteiger partial charge in [-0.05, 0) is 25.2 Å². The fourth-order valence-electron chi connectivity index (χ4n) is 1.38. The molecule has 0 aliphatic carbocycles. The van der Waals surface area contributed by atoms with Crippen LogP contribution in [0.1, 0.15) is 13.8 Å². The highest BCUT2D eigenvalue weighted by atomic mass is 15.1. The Bertz CT molecular complexity index is 335. The second kappa shape index (κ2) is 7.80. The van der Waals surface area contributed by atoms with Gasteiger partial charge in [0.15, 0.2) is 0 Å². The predicted molar refractivity (Wildman–Crippen MR) is 68.6 cm³/mol. The van der Waals surface area contributed by atoms with E-state index in [0.717, 1.165) is 31.9 Å². The van der Waals surface area contributed by atoms with E-state index < -0.39 is 0 Å². The maximum atomic E-state index is 4.14. The Balaban J connectivity index is 2.35. The summed E-state index contributed by atoms with van der Waals surface area (Å²) in [6, 6.07) is 12.5. The molecule has 0 heterocycles. The van der Waals surface area contributed by atoms with Crippen LogP contribution < -0.4 is 0 Å². The number of likely N-dealkylation sites (N-methyl/N-ethyl adjacent to an activating group) is 1. The molecule has 86 valence electrons. The van der Waals surface area contributed by atoms with Gasteiger partial charge in [-0.15, -0.1) is 0 Å². The maximum absolute atomic E-state index is 4.14. The number of rotatable bonds is 6. The van der Waals surface area contributed by atoms with Crippen LogP contribution in [-0.4, -0.2) is 37.1 Å². The van der Waals surface area contributed by atoms with Gasteiger partial charge in [-0.1, -0.05) is 32.0 Å². The average Bonchev–Trinajstić information content (AvgIpc) is 2.35. The fourth-order valence-corrected chi connectivity index (χ4v) is 1.38. The summed E-state index contributed by atoms with van der Waals surface area (Å²) in [6.45, 7) is 8.20. The molecule has 0 aliphatic heterocycles. The van der Waals surface area contributed by atoms with Gasteiger partial charge in [0.05, 0.1) is 18.2 Å². The first-order valence-electron chi connectivity index (χ1n) is 5.76. The van der Waals surface area contributed by atoms with Gasteiger partial charge in [-0.2, -0.15) is 4.99 Å². The molecule has 0 radical (unpaired) electrons. The average molecular weight is 217 g/mol. The molecular formula is C13H19N3. The summed E-state index contributed by atoms with van der Waals surface area (Å²) in [5.41, 5.74) is 0.897. The first-order valence-corrected chi connectivity index (χ1v) is 5.76. The molecule has 0 saturated carbocycles. The first-order chi connectivity index (χ1) is 7.86. The minimum Gasteiger partial charge on any atom is -0.302 e. The van der Waals surface area contributed by atoms with Crippen LogP contribution in [0.3, 0.4) is 0 Å². The van der Waals surface area contributed by atoms with Crippen molar-refractivity contribution >= 4 is 11.7 Å². The minimum atomic E-state index is 0.762. The summed E-state index contributed by atoms with van der Waals surface area (Å²) >= 11 is 0. The molecule has 0 unspecified atom stereocenters. The van der Waals surface area contributed by atoms with Crippen LogP contribution in [0.5, 0.6) is 0 Å². The molecule has 0 amide bonds. The molecule has 0 N–H and O–H groups in total. The molecule has 0 atom stereocenters. The molecule has 3 nitrogen and oxygen atoms in total. The van der Waals surface area contributed by atoms with Crippen molar-refractivity contribution in [3.8, 4) is 0 Å². The zero-order valence-electron chi connectivity index (χ0n) is 10.1. The molecule has 0 spiro atoms. The summed E-state index contributed by atoms with van der Waals surface area (Å²) < 4.78 is 0. The van der Waals surface area contributed by atoms with Crippen LogP contribution in [0.15, 0.2) is 40.3 Å². The largest absolute Gasteiger partial charge is 0.302 e. The van der Waals surface area contributed by atoms with Crippen molar-refractivity contribution in [2.45, 2.75) is 13.8 Å². The molecule has 0 fully saturated rings. The highest BCUT2D eigenvalue weighted by Crippen LogP contribution is 2.07. The van der Waals surface area contributed by atoms with Crippen molar-refractivity contribution in [1.82, 2.24) is 4.90 Å². The van der Waals surface area contributed by atoms with Crippen molar-refractivity contribution in [2.75, 3.05) is 26.2 Å². The number of hydrogen-bond acceptors (Lipinski definition) is 3. The third-order valence-corrected chi connectivity index (χ3v) is 2.43. The summed E-state index contributed by atoms with van der Waals surface area (Å²) in [6.07, 6.45) is 0. The molecule has 3 heteroatoms. The lowest BCUT2D eigenvalue weighted by atomic mass is 10.3. The Labute approximate surface area is 97.5 Å². The zero-order chi connectivity index (χ0) is 11.6. The number of para-hydroxylation sites is 1. The first kappa shape index (κ1) is 12.6. The summed E-state index contributed by atoms with van der Waals surface area (Å²) in [5, 5.41) is 0. The summed E-state index contributed by atoms with van der Waals surface area (Å²) in [7, 11) is 0. The SMILES string of the molecule is CCN(CC)CCN=C=Nc1ccccc1. The van der Waals surface area contributed by atoms with Crippen molar-refractivity contribution in [1.29, 1.82) is 0 Å². The van der Waals surface area contributed by atoms with E-state index in [2.05, 4.69) is 34.7 Å². The second-order valence-corrected chi connectivity index (χ2v) is 3.46. The highest BCUT2D eigenvalue weighted by molar-refractivity contribution is 5.51. The molecule has 1 aromatic rings. The van der Waals surface area contributed by atoms with Gasteiger partial charge in [0.2, 0.25) is 0 Å². The quantitative estimate of drug-likeness (QED) is 0.673. The Hall–Kier alpha value is -1.44. The van der Waals surface area contributed by atoms with E-state index in [9.17, 15) is 0 Å². The number of benzene rings is 1. The lowest BCUT2D eigenvalue weighted by molar-refractivity contribution is 0.313. The normalized spacial score (nSPS) is 9.94. The molecule has 0 bridgehead atoms. The number of aliphatic imine (C=N–C) groups is 2. The van der Waals surface area contributed by atoms with Crippen LogP contribution in [0, 0.1) is 0 Å². The third kappa shape index (κ3) is 4.87. The van der Waals surface area contributed by atoms with E-state index in [1.807, 2.05) is 30.3 Å². The molecule has 1 rings (SSSR count). The molecule has 1 aromatic carbocycles. The smallest absolute Gasteiger partial charge is 0.0949 e. The van der Waals surface area contributed by atoms with E-state index in [1.54, 1.807) is 0 Å². The molecule has 0 saturated heterocycles. The standard InChI is InChI=1S/C13H19N3/c1-3-16(4-2)11-10-14-12-15-13-8-6-5-7-9-13/h5-9H,3-4,10-11H2,1-2H3. The van der Waals surface area contributed by atoms with Gasteiger partial charge in [0, 0.05) is 6.54 Å². The topological polar surface area (TPSA) is 28.0 Å². The van der Waals surface area contributed by atoms with Crippen LogP contribution in [0.2, 0.25) is 0 Å². The Morgan fingerprint density at radius 1 is 1.12 bits per heavy atom. The molecule has 0 aliphatic rings. The summed E-state index contributed by atoms with van der Waals surface area (Å²) in [4.78, 5) is 10.6. The monoisotopic (exact) mass is 217 g/mol. The summed E-state index contributed by atoms with van der Waals surface area (Å²) in [5.74, 6) is 0. The number of nitrogens with zero attached hydrogens (tertiary/aromatic N) is 3. The van der Waals surface area contributed by atoms with Gasteiger partial charge in [-0.25, -0.2) is 4.99 Å². The van der Waals surface area contributed by atoms with Crippen molar-refractivity contribution < 1.29 is 0 Å². The zero-order valence-corrected chi connectivity index (χ0v) is 10.1. The van der Waals surface area contributed by atoms with E-state index in [-0.39, 0.29) is 0 Å². The van der Waals surface area contributed by atoms with Gasteiger partial charge in [0.25, 0.3) is 0 Å². The maximum Gasteiger partial charge on any atom is 0.0949 e. The van der Waals surface area contributed by atoms with E-state index >= 15 is 0 Å². The second-order valence-electron chi connectivity index (χ2n) is 3.46. The third-order valence-electron chi connectivity index (χ3n) is 2.43. The van der Waals surface area contributed by atoms with Crippen LogP contribution in [-0.2, 0) is 0 Å². The minimum absolute atomic E-state index is 0.762. The van der Waals surface area contributed by atoms with E-state index in [4.69, 9.17) is 0 Å². The van der Waals surface area contributed by atoms with Crippen molar-refractivity contribution in [2.24, 2.45) is 9.98 Å². The van der Waals surface area contributed by atoms with Crippen LogP contribution in [0.4, 0.5) is 5.69 Å². The Morgan fingerprint density at radius 2 is 1.81 bits per heavy atom. The fraction of sp³-hybridized carbons (Fsp3) is 0.462. The van der Waals surface area contributed by atoms with Crippen molar-refractivity contribution in [3.63, 3.8) is 0 Å². The van der Waals surface area contributed by atoms with Crippen molar-refractivity contribution in [3.05, 3.63) is 30.3 Å². The van der Waals surface area contributed by atoms with Gasteiger partial charge < -0.3 is 4.90 Å². The van der Waals surface area contributed by atoms with Gasteiger partial charge in [0.1, 0.15) is 0 Å². The van der Waals surface area contributed by atoms with Gasteiger partial charge in [-0.3, -0.25) is 0 Å². The van der Waals surface area contributed by atoms with E-state index in [0.29, 0.717) is 0 Å². The molecule has 0 aromatic heterocycles. The lowest BCUT2D eigenvalue weighted by Gasteiger charge is -2.15. The van der Waals surface area contributed by atoms with Gasteiger partial charge >= 0.3 is 0 Å². The highest BCUT2D eigenvalue weighted by Gasteiger charge is 1.95. The van der Waals surface area contributed by atoms with Crippen LogP contribution >= 0.6 is 0 Å². The predicted octanol–water partition coefficient (Wildman–Crippen LogP) is 2.83. The van der Waals surface area contributed by atoms with Crippen LogP contribution in [0.25, 0.3) is 0 Å². The Morgan fingerprint density at radius 3 is 2.44 bits per heavy atom. The number of hydrogen-bond donors (Lipinski definition) is 0. The lowest BCUT2D eigenvalue weighted by Crippen LogP contribution is -2.25. The van der Waals surface area contributed by atoms with E-state index in [1.165, 1.54) is 0 Å². The molecule has 16 heavy (non-hydrogen) atoms.